The van der Waals surface area contributed by atoms with Gasteiger partial charge in [-0.3, -0.25) is 0 Å². The minimum atomic E-state index is 0.581. The molecule has 8 rings (SSSR count). The number of aryl methyl sites for hydroxylation is 1. The molecule has 0 unspecified atom stereocenters. The lowest BCUT2D eigenvalue weighted by molar-refractivity contribution is 1.07. The molecular weight excluding hydrogens is 574 g/mol. The van der Waals surface area contributed by atoms with E-state index in [9.17, 15) is 0 Å². The van der Waals surface area contributed by atoms with Crippen LogP contribution in [0.2, 0.25) is 0 Å². The number of nitrogens with zero attached hydrogens (tertiary/aromatic N) is 5. The highest BCUT2D eigenvalue weighted by Gasteiger charge is 2.16. The van der Waals surface area contributed by atoms with Crippen molar-refractivity contribution >= 4 is 10.9 Å². The number of hydrogen-bond acceptors (Lipinski definition) is 5. The van der Waals surface area contributed by atoms with Crippen molar-refractivity contribution in [3.8, 4) is 67.9 Å². The van der Waals surface area contributed by atoms with Gasteiger partial charge in [0, 0.05) is 38.8 Å². The third-order valence-corrected chi connectivity index (χ3v) is 8.12. The van der Waals surface area contributed by atoms with Gasteiger partial charge in [-0.2, -0.15) is 0 Å². The summed E-state index contributed by atoms with van der Waals surface area (Å²) in [4.78, 5) is 25.2. The van der Waals surface area contributed by atoms with E-state index >= 15 is 0 Å². The Kier molecular flexibility index (Phi) is 7.32. The lowest BCUT2D eigenvalue weighted by atomic mass is 9.98. The molecule has 5 nitrogen and oxygen atoms in total. The molecule has 0 N–H and O–H groups in total. The second kappa shape index (κ2) is 12.2. The van der Waals surface area contributed by atoms with Crippen molar-refractivity contribution in [2.24, 2.45) is 0 Å². The minimum absolute atomic E-state index is 0.581. The van der Waals surface area contributed by atoms with Crippen LogP contribution in [0.4, 0.5) is 0 Å². The van der Waals surface area contributed by atoms with E-state index in [2.05, 4.69) is 67.6 Å². The Labute approximate surface area is 273 Å². The van der Waals surface area contributed by atoms with Crippen LogP contribution < -0.4 is 0 Å². The largest absolute Gasteiger partial charge is 0.248 e. The molecule has 0 bridgehead atoms. The second-order valence-electron chi connectivity index (χ2n) is 11.5. The first-order valence-electron chi connectivity index (χ1n) is 15.6. The number of para-hydroxylation sites is 1. The monoisotopic (exact) mass is 603 g/mol. The van der Waals surface area contributed by atoms with Gasteiger partial charge in [0.1, 0.15) is 0 Å². The van der Waals surface area contributed by atoms with E-state index < -0.39 is 0 Å². The summed E-state index contributed by atoms with van der Waals surface area (Å²) in [6.45, 7) is 2.11. The molecule has 5 aromatic carbocycles. The lowest BCUT2D eigenvalue weighted by Gasteiger charge is -2.13. The summed E-state index contributed by atoms with van der Waals surface area (Å²) in [5.41, 5.74) is 10.4. The summed E-state index contributed by atoms with van der Waals surface area (Å²) in [6, 6.07) is 53.4. The van der Waals surface area contributed by atoms with Crippen LogP contribution in [0, 0.1) is 6.92 Å². The summed E-state index contributed by atoms with van der Waals surface area (Å²) < 4.78 is 0. The molecule has 0 atom stereocenters. The standard InChI is InChI=1S/C42H29N5/c1-28-23-38(29-13-5-2-6-14-29)44-39(24-28)34-25-33(37-22-21-30-15-11-12-20-36(30)43-37)26-35(27-34)42-46-40(31-16-7-3-8-17-31)45-41(47-42)32-18-9-4-10-19-32/h2-27H,1H3. The number of rotatable bonds is 6. The highest BCUT2D eigenvalue weighted by atomic mass is 15.0. The van der Waals surface area contributed by atoms with Crippen molar-refractivity contribution in [2.45, 2.75) is 6.92 Å². The van der Waals surface area contributed by atoms with Crippen molar-refractivity contribution in [1.82, 2.24) is 24.9 Å². The summed E-state index contributed by atoms with van der Waals surface area (Å²) in [5.74, 6) is 1.81. The van der Waals surface area contributed by atoms with Crippen molar-refractivity contribution in [1.29, 1.82) is 0 Å². The molecule has 0 fully saturated rings. The lowest BCUT2D eigenvalue weighted by Crippen LogP contribution is -2.01. The SMILES string of the molecule is Cc1cc(-c2ccccc2)nc(-c2cc(-c3ccc4ccccc4n3)cc(-c3nc(-c4ccccc4)nc(-c4ccccc4)n3)c2)c1. The summed E-state index contributed by atoms with van der Waals surface area (Å²) in [6.07, 6.45) is 0. The fourth-order valence-corrected chi connectivity index (χ4v) is 5.79. The third kappa shape index (κ3) is 5.90. The Morgan fingerprint density at radius 1 is 0.319 bits per heavy atom. The maximum atomic E-state index is 5.15. The van der Waals surface area contributed by atoms with E-state index in [4.69, 9.17) is 24.9 Å². The molecule has 0 spiro atoms. The molecule has 5 heteroatoms. The third-order valence-electron chi connectivity index (χ3n) is 8.12. The minimum Gasteiger partial charge on any atom is -0.248 e. The van der Waals surface area contributed by atoms with Crippen LogP contribution in [0.1, 0.15) is 5.56 Å². The van der Waals surface area contributed by atoms with Gasteiger partial charge in [-0.1, -0.05) is 115 Å². The first-order chi connectivity index (χ1) is 23.2. The topological polar surface area (TPSA) is 64.5 Å². The van der Waals surface area contributed by atoms with E-state index in [1.165, 1.54) is 0 Å². The van der Waals surface area contributed by atoms with Gasteiger partial charge in [0.25, 0.3) is 0 Å². The molecule has 47 heavy (non-hydrogen) atoms. The molecule has 3 aromatic heterocycles. The predicted octanol–water partition coefficient (Wildman–Crippen LogP) is 10.1. The zero-order valence-electron chi connectivity index (χ0n) is 25.7. The Morgan fingerprint density at radius 3 is 1.40 bits per heavy atom. The van der Waals surface area contributed by atoms with Gasteiger partial charge in [0.15, 0.2) is 17.5 Å². The number of pyridine rings is 2. The Morgan fingerprint density at radius 2 is 0.787 bits per heavy atom. The predicted molar refractivity (Wildman–Crippen MR) is 190 cm³/mol. The molecular formula is C42H29N5. The van der Waals surface area contributed by atoms with Gasteiger partial charge >= 0.3 is 0 Å². The molecule has 222 valence electrons. The van der Waals surface area contributed by atoms with Crippen LogP contribution in [-0.4, -0.2) is 24.9 Å². The molecule has 0 radical (unpaired) electrons. The molecule has 0 aliphatic rings. The van der Waals surface area contributed by atoms with Crippen LogP contribution >= 0.6 is 0 Å². The maximum Gasteiger partial charge on any atom is 0.164 e. The Hall–Kier alpha value is -6.33. The van der Waals surface area contributed by atoms with Crippen LogP contribution in [0.5, 0.6) is 0 Å². The first-order valence-corrected chi connectivity index (χ1v) is 15.6. The van der Waals surface area contributed by atoms with Crippen molar-refractivity contribution in [3.63, 3.8) is 0 Å². The van der Waals surface area contributed by atoms with Crippen LogP contribution in [0.15, 0.2) is 158 Å². The molecule has 0 aliphatic carbocycles. The van der Waals surface area contributed by atoms with Crippen LogP contribution in [0.3, 0.4) is 0 Å². The van der Waals surface area contributed by atoms with Crippen molar-refractivity contribution in [2.75, 3.05) is 0 Å². The van der Waals surface area contributed by atoms with Crippen molar-refractivity contribution < 1.29 is 0 Å². The van der Waals surface area contributed by atoms with E-state index in [0.717, 1.165) is 66.9 Å². The molecule has 3 heterocycles. The van der Waals surface area contributed by atoms with Gasteiger partial charge < -0.3 is 0 Å². The van der Waals surface area contributed by atoms with Gasteiger partial charge in [-0.25, -0.2) is 24.9 Å². The van der Waals surface area contributed by atoms with E-state index in [-0.39, 0.29) is 0 Å². The smallest absolute Gasteiger partial charge is 0.164 e. The number of benzene rings is 5. The van der Waals surface area contributed by atoms with E-state index in [0.29, 0.717) is 17.5 Å². The first kappa shape index (κ1) is 28.2. The Balaban J connectivity index is 1.36. The average molecular weight is 604 g/mol. The number of hydrogen-bond donors (Lipinski definition) is 0. The summed E-state index contributed by atoms with van der Waals surface area (Å²) in [7, 11) is 0. The van der Waals surface area contributed by atoms with E-state index in [1.54, 1.807) is 0 Å². The summed E-state index contributed by atoms with van der Waals surface area (Å²) >= 11 is 0. The summed E-state index contributed by atoms with van der Waals surface area (Å²) in [5, 5.41) is 1.10. The highest BCUT2D eigenvalue weighted by molar-refractivity contribution is 5.84. The van der Waals surface area contributed by atoms with Gasteiger partial charge in [0.05, 0.1) is 22.6 Å². The zero-order chi connectivity index (χ0) is 31.6. The van der Waals surface area contributed by atoms with Crippen molar-refractivity contribution in [3.05, 3.63) is 163 Å². The molecule has 0 saturated carbocycles. The fraction of sp³-hybridized carbons (Fsp3) is 0.0238. The quantitative estimate of drug-likeness (QED) is 0.189. The normalized spacial score (nSPS) is 11.1. The van der Waals surface area contributed by atoms with Gasteiger partial charge in [-0.15, -0.1) is 0 Å². The van der Waals surface area contributed by atoms with Crippen LogP contribution in [0.25, 0.3) is 78.8 Å². The van der Waals surface area contributed by atoms with E-state index in [1.807, 2.05) is 97.1 Å². The fourth-order valence-electron chi connectivity index (χ4n) is 5.79. The molecule has 0 aliphatic heterocycles. The number of aromatic nitrogens is 5. The molecule has 8 aromatic rings. The average Bonchev–Trinajstić information content (AvgIpc) is 3.15. The Bertz CT molecular complexity index is 2300. The molecule has 0 saturated heterocycles. The highest BCUT2D eigenvalue weighted by Crippen LogP contribution is 2.34. The second-order valence-corrected chi connectivity index (χ2v) is 11.5. The number of fused-ring (bicyclic) bond motifs is 1. The van der Waals surface area contributed by atoms with Gasteiger partial charge in [-0.05, 0) is 55.0 Å². The maximum absolute atomic E-state index is 5.15. The van der Waals surface area contributed by atoms with Gasteiger partial charge in [0.2, 0.25) is 0 Å². The molecule has 0 amide bonds. The zero-order valence-corrected chi connectivity index (χ0v) is 25.7. The van der Waals surface area contributed by atoms with Crippen LogP contribution in [-0.2, 0) is 0 Å².